The Kier molecular flexibility index (Phi) is 2.32. The zero-order valence-corrected chi connectivity index (χ0v) is 5.91. The highest BCUT2D eigenvalue weighted by molar-refractivity contribution is 5.72. The molecule has 2 N–H and O–H groups in total. The highest BCUT2D eigenvalue weighted by atomic mass is 15.3. The van der Waals surface area contributed by atoms with Crippen molar-refractivity contribution < 1.29 is 0 Å². The largest absolute Gasteiger partial charge is 0.317 e. The van der Waals surface area contributed by atoms with E-state index in [0.29, 0.717) is 0 Å². The first-order chi connectivity index (χ1) is 5.47. The summed E-state index contributed by atoms with van der Waals surface area (Å²) < 4.78 is 0. The average molecular weight is 148 g/mol. The Balaban J connectivity index is 0.000000281. The number of benzene rings is 1. The van der Waals surface area contributed by atoms with Crippen LogP contribution in [-0.4, -0.2) is 22.1 Å². The maximum atomic E-state index is 5.50. The van der Waals surface area contributed by atoms with E-state index in [4.69, 9.17) is 5.41 Å². The third kappa shape index (κ3) is 1.40. The third-order valence-electron chi connectivity index (χ3n) is 1.23. The van der Waals surface area contributed by atoms with Gasteiger partial charge in [0.25, 0.3) is 0 Å². The standard InChI is InChI=1S/C6H5N3.CH3N/c1-2-4-6-5(3-1)7-9-8-6;1-2/h1-4H,(H,7,8,9);2H,1H2. The first-order valence-corrected chi connectivity index (χ1v) is 3.08. The summed E-state index contributed by atoms with van der Waals surface area (Å²) >= 11 is 0. The monoisotopic (exact) mass is 148 g/mol. The minimum atomic E-state index is 0.914. The second-order valence-electron chi connectivity index (χ2n) is 1.83. The summed E-state index contributed by atoms with van der Waals surface area (Å²) in [6.45, 7) is 2.50. The molecular weight excluding hydrogens is 140 g/mol. The molecular formula is C7H8N4. The molecule has 1 aromatic heterocycles. The van der Waals surface area contributed by atoms with Crippen molar-refractivity contribution in [3.05, 3.63) is 24.3 Å². The van der Waals surface area contributed by atoms with Crippen LogP contribution in [0.15, 0.2) is 24.3 Å². The van der Waals surface area contributed by atoms with Crippen LogP contribution in [0.25, 0.3) is 11.0 Å². The van der Waals surface area contributed by atoms with Crippen LogP contribution in [0.2, 0.25) is 0 Å². The summed E-state index contributed by atoms with van der Waals surface area (Å²) in [5.41, 5.74) is 1.90. The molecule has 2 rings (SSSR count). The van der Waals surface area contributed by atoms with Crippen LogP contribution in [0.3, 0.4) is 0 Å². The lowest BCUT2D eigenvalue weighted by Crippen LogP contribution is -1.63. The summed E-state index contributed by atoms with van der Waals surface area (Å²) in [5.74, 6) is 0. The number of nitrogens with one attached hydrogen (secondary N) is 2. The van der Waals surface area contributed by atoms with E-state index < -0.39 is 0 Å². The van der Waals surface area contributed by atoms with Gasteiger partial charge in [-0.25, -0.2) is 0 Å². The molecule has 0 bridgehead atoms. The maximum Gasteiger partial charge on any atom is 0.112 e. The predicted octanol–water partition coefficient (Wildman–Crippen LogP) is 1.22. The maximum absolute atomic E-state index is 5.50. The molecule has 56 valence electrons. The molecule has 4 heteroatoms. The first kappa shape index (κ1) is 7.40. The molecule has 1 heterocycles. The van der Waals surface area contributed by atoms with E-state index in [9.17, 15) is 0 Å². The summed E-state index contributed by atoms with van der Waals surface area (Å²) in [6.07, 6.45) is 0. The van der Waals surface area contributed by atoms with Gasteiger partial charge in [-0.3, -0.25) is 5.10 Å². The Bertz CT molecular complexity index is 297. The van der Waals surface area contributed by atoms with Gasteiger partial charge in [0.15, 0.2) is 0 Å². The van der Waals surface area contributed by atoms with E-state index in [-0.39, 0.29) is 0 Å². The van der Waals surface area contributed by atoms with E-state index in [2.05, 4.69) is 22.1 Å². The summed E-state index contributed by atoms with van der Waals surface area (Å²) in [7, 11) is 0. The number of fused-ring (bicyclic) bond motifs is 1. The van der Waals surface area contributed by atoms with Crippen LogP contribution in [-0.2, 0) is 0 Å². The quantitative estimate of drug-likeness (QED) is 0.552. The van der Waals surface area contributed by atoms with Gasteiger partial charge in [0.1, 0.15) is 5.52 Å². The first-order valence-electron chi connectivity index (χ1n) is 3.08. The molecule has 0 saturated carbocycles. The Hall–Kier alpha value is -1.71. The summed E-state index contributed by atoms with van der Waals surface area (Å²) in [6, 6.07) is 7.74. The second-order valence-corrected chi connectivity index (χ2v) is 1.83. The Morgan fingerprint density at radius 1 is 1.27 bits per heavy atom. The fourth-order valence-corrected chi connectivity index (χ4v) is 0.788. The Morgan fingerprint density at radius 2 is 2.00 bits per heavy atom. The van der Waals surface area contributed by atoms with Gasteiger partial charge >= 0.3 is 0 Å². The van der Waals surface area contributed by atoms with Crippen LogP contribution in [0.5, 0.6) is 0 Å². The number of nitrogens with zero attached hydrogens (tertiary/aromatic N) is 2. The molecule has 0 unspecified atom stereocenters. The van der Waals surface area contributed by atoms with Crippen LogP contribution < -0.4 is 0 Å². The Labute approximate surface area is 63.8 Å². The predicted molar refractivity (Wildman–Crippen MR) is 43.7 cm³/mol. The van der Waals surface area contributed by atoms with E-state index in [0.717, 1.165) is 11.0 Å². The van der Waals surface area contributed by atoms with Gasteiger partial charge in [0, 0.05) is 0 Å². The summed E-state index contributed by atoms with van der Waals surface area (Å²) in [4.78, 5) is 0. The van der Waals surface area contributed by atoms with Gasteiger partial charge in [-0.2, -0.15) is 0 Å². The van der Waals surface area contributed by atoms with Gasteiger partial charge in [-0.05, 0) is 18.9 Å². The molecule has 0 fully saturated rings. The summed E-state index contributed by atoms with van der Waals surface area (Å²) in [5, 5.41) is 15.7. The molecule has 4 nitrogen and oxygen atoms in total. The van der Waals surface area contributed by atoms with Gasteiger partial charge < -0.3 is 5.41 Å². The normalized spacial score (nSPS) is 8.73. The molecule has 2 aromatic rings. The number of aromatic nitrogens is 3. The van der Waals surface area contributed by atoms with Crippen molar-refractivity contribution in [2.45, 2.75) is 0 Å². The van der Waals surface area contributed by atoms with Crippen molar-refractivity contribution >= 4 is 17.8 Å². The number of H-pyrrole nitrogens is 1. The van der Waals surface area contributed by atoms with Gasteiger partial charge in [0.05, 0.1) is 5.52 Å². The minimum Gasteiger partial charge on any atom is -0.317 e. The molecule has 0 atom stereocenters. The number of hydrogen-bond acceptors (Lipinski definition) is 3. The number of rotatable bonds is 0. The molecule has 0 aliphatic rings. The van der Waals surface area contributed by atoms with Crippen molar-refractivity contribution in [3.8, 4) is 0 Å². The lowest BCUT2D eigenvalue weighted by molar-refractivity contribution is 0.959. The van der Waals surface area contributed by atoms with Crippen LogP contribution in [0.1, 0.15) is 0 Å². The SMILES string of the molecule is C=N.c1ccc2[nH]nnc2c1. The lowest BCUT2D eigenvalue weighted by Gasteiger charge is -1.79. The van der Waals surface area contributed by atoms with Crippen LogP contribution >= 0.6 is 0 Å². The van der Waals surface area contributed by atoms with Gasteiger partial charge in [-0.1, -0.05) is 17.3 Å². The van der Waals surface area contributed by atoms with Crippen molar-refractivity contribution in [1.82, 2.24) is 15.4 Å². The molecule has 0 amide bonds. The van der Waals surface area contributed by atoms with Crippen molar-refractivity contribution in [3.63, 3.8) is 0 Å². The lowest BCUT2D eigenvalue weighted by atomic mass is 10.3. The molecule has 0 saturated heterocycles. The molecule has 0 aliphatic heterocycles. The molecule has 0 spiro atoms. The van der Waals surface area contributed by atoms with Gasteiger partial charge in [-0.15, -0.1) is 5.10 Å². The second kappa shape index (κ2) is 3.46. The van der Waals surface area contributed by atoms with Gasteiger partial charge in [0.2, 0.25) is 0 Å². The third-order valence-corrected chi connectivity index (χ3v) is 1.23. The fraction of sp³-hybridized carbons (Fsp3) is 0. The molecule has 11 heavy (non-hydrogen) atoms. The van der Waals surface area contributed by atoms with E-state index >= 15 is 0 Å². The van der Waals surface area contributed by atoms with Crippen molar-refractivity contribution in [1.29, 1.82) is 5.41 Å². The average Bonchev–Trinajstić information content (AvgIpc) is 2.55. The number of aromatic amines is 1. The van der Waals surface area contributed by atoms with E-state index in [1.54, 1.807) is 0 Å². The highest BCUT2D eigenvalue weighted by Gasteiger charge is 1.90. The van der Waals surface area contributed by atoms with E-state index in [1.807, 2.05) is 24.3 Å². The van der Waals surface area contributed by atoms with Crippen LogP contribution in [0.4, 0.5) is 0 Å². The van der Waals surface area contributed by atoms with Crippen molar-refractivity contribution in [2.24, 2.45) is 0 Å². The smallest absolute Gasteiger partial charge is 0.112 e. The zero-order valence-electron chi connectivity index (χ0n) is 5.91. The number of para-hydroxylation sites is 1. The minimum absolute atomic E-state index is 0.914. The highest BCUT2D eigenvalue weighted by Crippen LogP contribution is 2.03. The molecule has 1 aromatic carbocycles. The van der Waals surface area contributed by atoms with E-state index in [1.165, 1.54) is 0 Å². The topological polar surface area (TPSA) is 65.4 Å². The van der Waals surface area contributed by atoms with Crippen molar-refractivity contribution in [2.75, 3.05) is 0 Å². The fourth-order valence-electron chi connectivity index (χ4n) is 0.788. The zero-order chi connectivity index (χ0) is 8.10. The Morgan fingerprint density at radius 3 is 2.73 bits per heavy atom. The van der Waals surface area contributed by atoms with Crippen LogP contribution in [0, 0.1) is 5.41 Å². The number of hydrogen-bond donors (Lipinski definition) is 2. The molecule has 0 radical (unpaired) electrons. The molecule has 0 aliphatic carbocycles.